The molecule has 2 N–H and O–H groups in total. The maximum Gasteiger partial charge on any atom is 0.234 e. The number of nitrogens with two attached hydrogens (primary N) is 1. The minimum absolute atomic E-state index is 0.463. The second kappa shape index (κ2) is 2.57. The van der Waals surface area contributed by atoms with Gasteiger partial charge in [0.2, 0.25) is 5.78 Å². The third kappa shape index (κ3) is 0.967. The van der Waals surface area contributed by atoms with Crippen LogP contribution in [0.25, 0.3) is 5.78 Å². The van der Waals surface area contributed by atoms with Crippen molar-refractivity contribution in [2.75, 3.05) is 0 Å². The Morgan fingerprint density at radius 2 is 2.42 bits per heavy atom. The summed E-state index contributed by atoms with van der Waals surface area (Å²) in [5.41, 5.74) is 7.47. The lowest BCUT2D eigenvalue weighted by molar-refractivity contribution is 0.939. The molecule has 4 heteroatoms. The summed E-state index contributed by atoms with van der Waals surface area (Å²) in [6, 6.07) is 1.97. The summed E-state index contributed by atoms with van der Waals surface area (Å²) in [7, 11) is 0. The van der Waals surface area contributed by atoms with Gasteiger partial charge < -0.3 is 5.73 Å². The highest BCUT2D eigenvalue weighted by Crippen LogP contribution is 2.04. The molecule has 0 amide bonds. The van der Waals surface area contributed by atoms with Crippen LogP contribution in [0.5, 0.6) is 0 Å². The molecule has 0 aliphatic rings. The van der Waals surface area contributed by atoms with Gasteiger partial charge in [-0.15, -0.1) is 0 Å². The van der Waals surface area contributed by atoms with Gasteiger partial charge in [-0.2, -0.15) is 0 Å². The number of aromatic nitrogens is 3. The third-order valence-electron chi connectivity index (χ3n) is 1.83. The van der Waals surface area contributed by atoms with Crippen molar-refractivity contribution in [1.29, 1.82) is 0 Å². The molecule has 0 aliphatic carbocycles. The Morgan fingerprint density at radius 3 is 3.17 bits per heavy atom. The predicted molar refractivity (Wildman–Crippen MR) is 45.6 cm³/mol. The summed E-state index contributed by atoms with van der Waals surface area (Å²) < 4.78 is 1.93. The number of aryl methyl sites for hydroxylation is 1. The second-order valence-electron chi connectivity index (χ2n) is 2.69. The molecule has 0 spiro atoms. The molecular weight excluding hydrogens is 152 g/mol. The lowest BCUT2D eigenvalue weighted by Gasteiger charge is -2.01. The van der Waals surface area contributed by atoms with Gasteiger partial charge in [-0.1, -0.05) is 0 Å². The Morgan fingerprint density at radius 1 is 1.58 bits per heavy atom. The van der Waals surface area contributed by atoms with Crippen molar-refractivity contribution in [3.8, 4) is 0 Å². The van der Waals surface area contributed by atoms with Crippen molar-refractivity contribution >= 4 is 5.78 Å². The highest BCUT2D eigenvalue weighted by molar-refractivity contribution is 5.32. The molecule has 2 aromatic rings. The Kier molecular flexibility index (Phi) is 1.55. The van der Waals surface area contributed by atoms with E-state index in [4.69, 9.17) is 5.73 Å². The number of hydrogen-bond donors (Lipinski definition) is 1. The Bertz CT molecular complexity index is 404. The fourth-order valence-electron chi connectivity index (χ4n) is 1.23. The molecule has 0 atom stereocenters. The Balaban J connectivity index is 2.75. The molecule has 0 aromatic carbocycles. The Hall–Kier alpha value is -1.42. The molecule has 0 bridgehead atoms. The first kappa shape index (κ1) is 7.24. The first-order valence-corrected chi connectivity index (χ1v) is 3.81. The molecule has 0 fully saturated rings. The van der Waals surface area contributed by atoms with Gasteiger partial charge in [0.1, 0.15) is 0 Å². The maximum atomic E-state index is 5.48. The fourth-order valence-corrected chi connectivity index (χ4v) is 1.23. The maximum absolute atomic E-state index is 5.48. The monoisotopic (exact) mass is 162 g/mol. The van der Waals surface area contributed by atoms with Crippen molar-refractivity contribution in [1.82, 2.24) is 14.4 Å². The first-order valence-electron chi connectivity index (χ1n) is 3.81. The minimum atomic E-state index is 0.463. The van der Waals surface area contributed by atoms with Crippen LogP contribution in [0, 0.1) is 6.92 Å². The Labute approximate surface area is 70.1 Å². The van der Waals surface area contributed by atoms with Crippen LogP contribution in [0.2, 0.25) is 0 Å². The molecule has 2 heterocycles. The summed E-state index contributed by atoms with van der Waals surface area (Å²) in [6.45, 7) is 2.47. The number of hydrogen-bond acceptors (Lipinski definition) is 3. The van der Waals surface area contributed by atoms with E-state index in [2.05, 4.69) is 9.97 Å². The van der Waals surface area contributed by atoms with E-state index in [-0.39, 0.29) is 0 Å². The molecule has 0 unspecified atom stereocenters. The zero-order valence-electron chi connectivity index (χ0n) is 6.86. The van der Waals surface area contributed by atoms with E-state index in [1.807, 2.05) is 23.6 Å². The van der Waals surface area contributed by atoms with Crippen LogP contribution in [0.4, 0.5) is 0 Å². The lowest BCUT2D eigenvalue weighted by Crippen LogP contribution is -2.03. The third-order valence-corrected chi connectivity index (χ3v) is 1.83. The van der Waals surface area contributed by atoms with Gasteiger partial charge in [-0.3, -0.25) is 4.40 Å². The highest BCUT2D eigenvalue weighted by Gasteiger charge is 2.00. The van der Waals surface area contributed by atoms with Crippen molar-refractivity contribution in [2.45, 2.75) is 13.5 Å². The molecule has 0 radical (unpaired) electrons. The number of imidazole rings is 1. The summed E-state index contributed by atoms with van der Waals surface area (Å²) in [4.78, 5) is 8.33. The predicted octanol–water partition coefficient (Wildman–Crippen LogP) is 0.496. The summed E-state index contributed by atoms with van der Waals surface area (Å²) in [6.07, 6.45) is 3.62. The van der Waals surface area contributed by atoms with E-state index < -0.39 is 0 Å². The zero-order chi connectivity index (χ0) is 8.55. The smallest absolute Gasteiger partial charge is 0.234 e. The van der Waals surface area contributed by atoms with Crippen LogP contribution in [0.3, 0.4) is 0 Å². The SMILES string of the molecule is Cc1cc(CN)nc2nccn12. The zero-order valence-corrected chi connectivity index (χ0v) is 6.86. The fraction of sp³-hybridized carbons (Fsp3) is 0.250. The molecule has 2 aromatic heterocycles. The molecule has 0 saturated carbocycles. The van der Waals surface area contributed by atoms with Crippen molar-refractivity contribution in [3.63, 3.8) is 0 Å². The molecule has 2 rings (SSSR count). The summed E-state index contributed by atoms with van der Waals surface area (Å²) in [5, 5.41) is 0. The van der Waals surface area contributed by atoms with Crippen molar-refractivity contribution in [3.05, 3.63) is 29.8 Å². The molecule has 12 heavy (non-hydrogen) atoms. The van der Waals surface area contributed by atoms with Gasteiger partial charge in [0.25, 0.3) is 0 Å². The standard InChI is InChI=1S/C8H10N4/c1-6-4-7(5-9)11-8-10-2-3-12(6)8/h2-4H,5,9H2,1H3. The van der Waals surface area contributed by atoms with Crippen LogP contribution in [-0.4, -0.2) is 14.4 Å². The van der Waals surface area contributed by atoms with Gasteiger partial charge in [0.15, 0.2) is 0 Å². The minimum Gasteiger partial charge on any atom is -0.325 e. The summed E-state index contributed by atoms with van der Waals surface area (Å²) in [5.74, 6) is 0.718. The first-order chi connectivity index (χ1) is 5.81. The average Bonchev–Trinajstić information content (AvgIpc) is 2.52. The van der Waals surface area contributed by atoms with Crippen LogP contribution in [0.15, 0.2) is 18.5 Å². The number of fused-ring (bicyclic) bond motifs is 1. The van der Waals surface area contributed by atoms with Gasteiger partial charge in [0.05, 0.1) is 5.69 Å². The number of rotatable bonds is 1. The topological polar surface area (TPSA) is 56.2 Å². The van der Waals surface area contributed by atoms with E-state index in [0.29, 0.717) is 6.54 Å². The van der Waals surface area contributed by atoms with E-state index in [1.165, 1.54) is 0 Å². The lowest BCUT2D eigenvalue weighted by atomic mass is 10.3. The molecule has 0 saturated heterocycles. The van der Waals surface area contributed by atoms with E-state index in [0.717, 1.165) is 17.2 Å². The quantitative estimate of drug-likeness (QED) is 0.664. The normalized spacial score (nSPS) is 10.8. The molecule has 4 nitrogen and oxygen atoms in total. The van der Waals surface area contributed by atoms with Crippen LogP contribution in [0.1, 0.15) is 11.4 Å². The van der Waals surface area contributed by atoms with Crippen molar-refractivity contribution in [2.24, 2.45) is 5.73 Å². The van der Waals surface area contributed by atoms with Gasteiger partial charge in [0, 0.05) is 24.6 Å². The van der Waals surface area contributed by atoms with Crippen LogP contribution >= 0.6 is 0 Å². The highest BCUT2D eigenvalue weighted by atomic mass is 15.1. The molecular formula is C8H10N4. The molecule has 0 aliphatic heterocycles. The summed E-state index contributed by atoms with van der Waals surface area (Å²) >= 11 is 0. The largest absolute Gasteiger partial charge is 0.325 e. The van der Waals surface area contributed by atoms with E-state index in [9.17, 15) is 0 Å². The van der Waals surface area contributed by atoms with Gasteiger partial charge in [-0.25, -0.2) is 9.97 Å². The average molecular weight is 162 g/mol. The second-order valence-corrected chi connectivity index (χ2v) is 2.69. The van der Waals surface area contributed by atoms with Crippen LogP contribution < -0.4 is 5.73 Å². The van der Waals surface area contributed by atoms with Crippen molar-refractivity contribution < 1.29 is 0 Å². The molecule has 62 valence electrons. The van der Waals surface area contributed by atoms with E-state index in [1.54, 1.807) is 6.20 Å². The van der Waals surface area contributed by atoms with Crippen LogP contribution in [-0.2, 0) is 6.54 Å². The van der Waals surface area contributed by atoms with Gasteiger partial charge in [-0.05, 0) is 13.0 Å². The van der Waals surface area contributed by atoms with E-state index >= 15 is 0 Å². The number of nitrogens with zero attached hydrogens (tertiary/aromatic N) is 3. The van der Waals surface area contributed by atoms with Gasteiger partial charge >= 0.3 is 0 Å².